The van der Waals surface area contributed by atoms with E-state index >= 15 is 0 Å². The van der Waals surface area contributed by atoms with E-state index in [1.807, 2.05) is 37.3 Å². The smallest absolute Gasteiger partial charge is 0.317 e. The van der Waals surface area contributed by atoms with E-state index in [0.717, 1.165) is 16.7 Å². The SMILES string of the molecule is CCN(CCCNC(=O)N(C)C(C)c1cc2ccccc2o1)S(C)(=O)=O. The van der Waals surface area contributed by atoms with Crippen LogP contribution in [-0.4, -0.2) is 56.6 Å². The van der Waals surface area contributed by atoms with Gasteiger partial charge in [0.25, 0.3) is 0 Å². The molecule has 1 heterocycles. The van der Waals surface area contributed by atoms with Gasteiger partial charge < -0.3 is 14.6 Å². The summed E-state index contributed by atoms with van der Waals surface area (Å²) in [6.07, 6.45) is 1.75. The summed E-state index contributed by atoms with van der Waals surface area (Å²) < 4.78 is 30.3. The van der Waals surface area contributed by atoms with Crippen molar-refractivity contribution in [3.05, 3.63) is 36.1 Å². The molecule has 0 radical (unpaired) electrons. The first-order chi connectivity index (χ1) is 12.2. The van der Waals surface area contributed by atoms with Crippen molar-refractivity contribution in [3.63, 3.8) is 0 Å². The van der Waals surface area contributed by atoms with Gasteiger partial charge in [0.15, 0.2) is 0 Å². The van der Waals surface area contributed by atoms with Gasteiger partial charge in [-0.1, -0.05) is 25.1 Å². The van der Waals surface area contributed by atoms with Gasteiger partial charge in [0.2, 0.25) is 10.0 Å². The van der Waals surface area contributed by atoms with Gasteiger partial charge in [-0.3, -0.25) is 0 Å². The molecule has 2 amide bonds. The first-order valence-electron chi connectivity index (χ1n) is 8.68. The molecular formula is C18H27N3O4S. The Kier molecular flexibility index (Phi) is 6.66. The molecule has 1 aromatic heterocycles. The van der Waals surface area contributed by atoms with Crippen LogP contribution in [0.2, 0.25) is 0 Å². The summed E-state index contributed by atoms with van der Waals surface area (Å²) in [6, 6.07) is 9.22. The van der Waals surface area contributed by atoms with E-state index in [1.54, 1.807) is 18.9 Å². The fraction of sp³-hybridized carbons (Fsp3) is 0.500. The van der Waals surface area contributed by atoms with Gasteiger partial charge in [-0.2, -0.15) is 0 Å². The minimum atomic E-state index is -3.20. The Hall–Kier alpha value is -2.06. The summed E-state index contributed by atoms with van der Waals surface area (Å²) in [5.74, 6) is 0.720. The summed E-state index contributed by atoms with van der Waals surface area (Å²) >= 11 is 0. The van der Waals surface area contributed by atoms with Crippen molar-refractivity contribution in [2.75, 3.05) is 32.9 Å². The van der Waals surface area contributed by atoms with Crippen molar-refractivity contribution < 1.29 is 17.6 Å². The molecule has 1 atom stereocenters. The third-order valence-corrected chi connectivity index (χ3v) is 5.82. The van der Waals surface area contributed by atoms with E-state index in [9.17, 15) is 13.2 Å². The van der Waals surface area contributed by atoms with Crippen LogP contribution in [0.4, 0.5) is 4.79 Å². The molecule has 0 aliphatic rings. The molecule has 1 unspecified atom stereocenters. The number of fused-ring (bicyclic) bond motifs is 1. The van der Waals surface area contributed by atoms with E-state index in [2.05, 4.69) is 5.32 Å². The Balaban J connectivity index is 1.86. The number of nitrogens with zero attached hydrogens (tertiary/aromatic N) is 2. The number of para-hydroxylation sites is 1. The summed E-state index contributed by atoms with van der Waals surface area (Å²) in [4.78, 5) is 13.9. The Morgan fingerprint density at radius 2 is 2.00 bits per heavy atom. The number of rotatable bonds is 8. The Labute approximate surface area is 155 Å². The van der Waals surface area contributed by atoms with Crippen molar-refractivity contribution in [2.24, 2.45) is 0 Å². The largest absolute Gasteiger partial charge is 0.459 e. The van der Waals surface area contributed by atoms with E-state index < -0.39 is 10.0 Å². The lowest BCUT2D eigenvalue weighted by molar-refractivity contribution is 0.188. The highest BCUT2D eigenvalue weighted by molar-refractivity contribution is 7.88. The molecule has 1 N–H and O–H groups in total. The van der Waals surface area contributed by atoms with Crippen LogP contribution in [0.1, 0.15) is 32.1 Å². The maximum atomic E-state index is 12.3. The molecule has 144 valence electrons. The third-order valence-electron chi connectivity index (χ3n) is 4.44. The van der Waals surface area contributed by atoms with E-state index in [-0.39, 0.29) is 12.1 Å². The Morgan fingerprint density at radius 1 is 1.31 bits per heavy atom. The zero-order chi connectivity index (χ0) is 19.3. The van der Waals surface area contributed by atoms with Crippen LogP contribution < -0.4 is 5.32 Å². The third kappa shape index (κ3) is 4.98. The first kappa shape index (κ1) is 20.3. The lowest BCUT2D eigenvalue weighted by Gasteiger charge is -2.24. The average molecular weight is 381 g/mol. The fourth-order valence-corrected chi connectivity index (χ4v) is 3.64. The lowest BCUT2D eigenvalue weighted by atomic mass is 10.2. The van der Waals surface area contributed by atoms with Crippen molar-refractivity contribution >= 4 is 27.0 Å². The summed E-state index contributed by atoms with van der Waals surface area (Å²) in [6.45, 7) is 4.92. The second kappa shape index (κ2) is 8.55. The highest BCUT2D eigenvalue weighted by Crippen LogP contribution is 2.26. The topological polar surface area (TPSA) is 82.9 Å². The molecular weight excluding hydrogens is 354 g/mol. The number of hydrogen-bond donors (Lipinski definition) is 1. The first-order valence-corrected chi connectivity index (χ1v) is 10.5. The molecule has 0 spiro atoms. The normalized spacial score (nSPS) is 13.1. The fourth-order valence-electron chi connectivity index (χ4n) is 2.71. The van der Waals surface area contributed by atoms with Crippen LogP contribution in [0.15, 0.2) is 34.7 Å². The molecule has 26 heavy (non-hydrogen) atoms. The van der Waals surface area contributed by atoms with Crippen LogP contribution in [0.5, 0.6) is 0 Å². The van der Waals surface area contributed by atoms with E-state index in [1.165, 1.54) is 10.6 Å². The van der Waals surface area contributed by atoms with E-state index in [0.29, 0.717) is 26.1 Å². The van der Waals surface area contributed by atoms with Crippen molar-refractivity contribution in [2.45, 2.75) is 26.3 Å². The van der Waals surface area contributed by atoms with Crippen LogP contribution in [0.25, 0.3) is 11.0 Å². The van der Waals surface area contributed by atoms with Crippen LogP contribution in [0, 0.1) is 0 Å². The molecule has 0 saturated heterocycles. The van der Waals surface area contributed by atoms with Crippen LogP contribution in [0.3, 0.4) is 0 Å². The molecule has 7 nitrogen and oxygen atoms in total. The standard InChI is InChI=1S/C18H27N3O4S/c1-5-21(26(4,23)24)12-8-11-19-18(22)20(3)14(2)17-13-15-9-6-7-10-16(15)25-17/h6-7,9-10,13-14H,5,8,11-12H2,1-4H3,(H,19,22). The zero-order valence-electron chi connectivity index (χ0n) is 15.7. The zero-order valence-corrected chi connectivity index (χ0v) is 16.5. The average Bonchev–Trinajstić information content (AvgIpc) is 3.03. The summed E-state index contributed by atoms with van der Waals surface area (Å²) in [5, 5.41) is 3.82. The van der Waals surface area contributed by atoms with Crippen molar-refractivity contribution in [3.8, 4) is 0 Å². The lowest BCUT2D eigenvalue weighted by Crippen LogP contribution is -2.40. The number of sulfonamides is 1. The quantitative estimate of drug-likeness (QED) is 0.713. The Morgan fingerprint density at radius 3 is 2.62 bits per heavy atom. The molecule has 2 rings (SSSR count). The number of benzene rings is 1. The number of furan rings is 1. The minimum Gasteiger partial charge on any atom is -0.459 e. The van der Waals surface area contributed by atoms with Gasteiger partial charge >= 0.3 is 6.03 Å². The van der Waals surface area contributed by atoms with Gasteiger partial charge in [0, 0.05) is 32.1 Å². The van der Waals surface area contributed by atoms with Crippen LogP contribution >= 0.6 is 0 Å². The second-order valence-corrected chi connectivity index (χ2v) is 8.30. The van der Waals surface area contributed by atoms with E-state index in [4.69, 9.17) is 4.42 Å². The maximum absolute atomic E-state index is 12.3. The molecule has 0 bridgehead atoms. The number of carbonyl (C=O) groups is 1. The molecule has 2 aromatic rings. The van der Waals surface area contributed by atoms with Gasteiger partial charge in [0.1, 0.15) is 11.3 Å². The monoisotopic (exact) mass is 381 g/mol. The predicted molar refractivity (Wildman–Crippen MR) is 102 cm³/mol. The highest BCUT2D eigenvalue weighted by atomic mass is 32.2. The highest BCUT2D eigenvalue weighted by Gasteiger charge is 2.20. The molecule has 8 heteroatoms. The van der Waals surface area contributed by atoms with Crippen molar-refractivity contribution in [1.29, 1.82) is 0 Å². The number of carbonyl (C=O) groups excluding carboxylic acids is 1. The number of nitrogens with one attached hydrogen (secondary N) is 1. The summed E-state index contributed by atoms with van der Waals surface area (Å²) in [7, 11) is -1.49. The van der Waals surface area contributed by atoms with Gasteiger partial charge in [-0.15, -0.1) is 0 Å². The second-order valence-electron chi connectivity index (χ2n) is 6.31. The number of urea groups is 1. The number of hydrogen-bond acceptors (Lipinski definition) is 4. The predicted octanol–water partition coefficient (Wildman–Crippen LogP) is 2.81. The van der Waals surface area contributed by atoms with Gasteiger partial charge in [0.05, 0.1) is 12.3 Å². The summed E-state index contributed by atoms with van der Waals surface area (Å²) in [5.41, 5.74) is 0.795. The molecule has 0 aliphatic heterocycles. The maximum Gasteiger partial charge on any atom is 0.317 e. The van der Waals surface area contributed by atoms with Crippen molar-refractivity contribution in [1.82, 2.24) is 14.5 Å². The molecule has 0 fully saturated rings. The molecule has 0 saturated carbocycles. The van der Waals surface area contributed by atoms with Gasteiger partial charge in [-0.25, -0.2) is 17.5 Å². The molecule has 1 aromatic carbocycles. The molecule has 0 aliphatic carbocycles. The van der Waals surface area contributed by atoms with Crippen LogP contribution in [-0.2, 0) is 10.0 Å². The number of amides is 2. The Bertz CT molecular complexity index is 814. The van der Waals surface area contributed by atoms with Gasteiger partial charge in [-0.05, 0) is 25.5 Å². The minimum absolute atomic E-state index is 0.217.